The van der Waals surface area contributed by atoms with Gasteiger partial charge in [0.25, 0.3) is 0 Å². The van der Waals surface area contributed by atoms with Crippen molar-refractivity contribution >= 4 is 11.7 Å². The fourth-order valence-corrected chi connectivity index (χ4v) is 2.20. The van der Waals surface area contributed by atoms with Crippen LogP contribution in [0.2, 0.25) is 0 Å². The third kappa shape index (κ3) is 3.27. The molecule has 0 aliphatic rings. The van der Waals surface area contributed by atoms with Crippen LogP contribution in [0.4, 0.5) is 10.1 Å². The second kappa shape index (κ2) is 6.54. The number of rotatable bonds is 4. The van der Waals surface area contributed by atoms with Crippen molar-refractivity contribution in [1.82, 2.24) is 4.98 Å². The van der Waals surface area contributed by atoms with E-state index in [1.54, 1.807) is 6.92 Å². The number of halogens is 1. The Morgan fingerprint density at radius 3 is 2.71 bits per heavy atom. The van der Waals surface area contributed by atoms with E-state index in [0.29, 0.717) is 17.3 Å². The summed E-state index contributed by atoms with van der Waals surface area (Å²) in [5, 5.41) is 0. The quantitative estimate of drug-likeness (QED) is 0.584. The number of hydrogen-bond acceptors (Lipinski definition) is 5. The van der Waals surface area contributed by atoms with Crippen LogP contribution in [0.3, 0.4) is 0 Å². The number of hydrogen-bond donors (Lipinski definition) is 1. The Kier molecular flexibility index (Phi) is 4.29. The Hall–Kier alpha value is -3.15. The third-order valence-electron chi connectivity index (χ3n) is 3.49. The number of nitrogen functional groups attached to an aromatic ring is 1. The minimum Gasteiger partial charge on any atom is -0.455 e. The molecule has 0 atom stereocenters. The van der Waals surface area contributed by atoms with Crippen LogP contribution in [0.25, 0.3) is 11.5 Å². The molecular formula is C18H15FN2O3. The Bertz CT molecular complexity index is 875. The van der Waals surface area contributed by atoms with Crippen LogP contribution >= 0.6 is 0 Å². The Morgan fingerprint density at radius 2 is 2.00 bits per heavy atom. The number of nitrogens with two attached hydrogens (primary N) is 1. The van der Waals surface area contributed by atoms with Gasteiger partial charge in [-0.2, -0.15) is 0 Å². The van der Waals surface area contributed by atoms with Crippen molar-refractivity contribution < 1.29 is 18.3 Å². The van der Waals surface area contributed by atoms with Gasteiger partial charge in [-0.1, -0.05) is 18.2 Å². The van der Waals surface area contributed by atoms with Gasteiger partial charge in [0.05, 0.1) is 5.56 Å². The topological polar surface area (TPSA) is 78.4 Å². The normalized spacial score (nSPS) is 10.6. The van der Waals surface area contributed by atoms with E-state index >= 15 is 0 Å². The van der Waals surface area contributed by atoms with Crippen molar-refractivity contribution in [2.75, 3.05) is 5.73 Å². The first kappa shape index (κ1) is 15.7. The Labute approximate surface area is 137 Å². The summed E-state index contributed by atoms with van der Waals surface area (Å²) in [6, 6.07) is 12.9. The van der Waals surface area contributed by atoms with Crippen LogP contribution in [-0.4, -0.2) is 11.0 Å². The molecule has 0 amide bonds. The van der Waals surface area contributed by atoms with Gasteiger partial charge in [0.2, 0.25) is 5.89 Å². The summed E-state index contributed by atoms with van der Waals surface area (Å²) in [6.07, 6.45) is 0. The number of ether oxygens (including phenoxy) is 1. The molecule has 0 fully saturated rings. The first-order chi connectivity index (χ1) is 11.5. The van der Waals surface area contributed by atoms with Crippen LogP contribution in [-0.2, 0) is 11.3 Å². The molecule has 1 aromatic heterocycles. The van der Waals surface area contributed by atoms with Gasteiger partial charge >= 0.3 is 5.97 Å². The molecular weight excluding hydrogens is 311 g/mol. The molecule has 1 heterocycles. The molecule has 0 spiro atoms. The van der Waals surface area contributed by atoms with Crippen molar-refractivity contribution in [3.8, 4) is 11.5 Å². The van der Waals surface area contributed by atoms with Gasteiger partial charge in [-0.25, -0.2) is 14.2 Å². The van der Waals surface area contributed by atoms with Crippen molar-refractivity contribution in [3.05, 3.63) is 71.4 Å². The Balaban J connectivity index is 1.73. The van der Waals surface area contributed by atoms with E-state index in [-0.39, 0.29) is 17.9 Å². The molecule has 24 heavy (non-hydrogen) atoms. The molecule has 5 nitrogen and oxygen atoms in total. The summed E-state index contributed by atoms with van der Waals surface area (Å²) >= 11 is 0. The molecule has 0 saturated heterocycles. The van der Waals surface area contributed by atoms with Crippen molar-refractivity contribution in [3.63, 3.8) is 0 Å². The lowest BCUT2D eigenvalue weighted by molar-refractivity contribution is 0.0468. The zero-order chi connectivity index (χ0) is 17.1. The number of benzene rings is 2. The lowest BCUT2D eigenvalue weighted by Gasteiger charge is -2.05. The maximum absolute atomic E-state index is 13.0. The van der Waals surface area contributed by atoms with E-state index in [1.807, 2.05) is 30.3 Å². The smallest absolute Gasteiger partial charge is 0.340 e. The third-order valence-corrected chi connectivity index (χ3v) is 3.49. The molecule has 0 aliphatic heterocycles. The molecule has 0 unspecified atom stereocenters. The van der Waals surface area contributed by atoms with Gasteiger partial charge in [-0.15, -0.1) is 0 Å². The molecule has 6 heteroatoms. The molecule has 0 bridgehead atoms. The Morgan fingerprint density at radius 1 is 1.25 bits per heavy atom. The highest BCUT2D eigenvalue weighted by atomic mass is 19.1. The lowest BCUT2D eigenvalue weighted by Crippen LogP contribution is -2.09. The SMILES string of the molecule is Cc1oc(-c2ccccc2)nc1COC(=O)c1ccc(F)cc1N. The van der Waals surface area contributed by atoms with E-state index in [4.69, 9.17) is 14.9 Å². The van der Waals surface area contributed by atoms with Gasteiger partial charge in [-0.05, 0) is 37.3 Å². The summed E-state index contributed by atoms with van der Waals surface area (Å²) < 4.78 is 23.8. The van der Waals surface area contributed by atoms with E-state index in [2.05, 4.69) is 4.98 Å². The molecule has 3 rings (SSSR count). The van der Waals surface area contributed by atoms with Gasteiger partial charge in [0.15, 0.2) is 0 Å². The van der Waals surface area contributed by atoms with Gasteiger partial charge in [-0.3, -0.25) is 0 Å². The van der Waals surface area contributed by atoms with Crippen LogP contribution in [0.5, 0.6) is 0 Å². The molecule has 2 aromatic carbocycles. The standard InChI is InChI=1S/C18H15FN2O3/c1-11-16(21-17(24-11)12-5-3-2-4-6-12)10-23-18(22)14-8-7-13(19)9-15(14)20/h2-9H,10,20H2,1H3. The predicted molar refractivity (Wildman–Crippen MR) is 86.6 cm³/mol. The fourth-order valence-electron chi connectivity index (χ4n) is 2.20. The van der Waals surface area contributed by atoms with Crippen molar-refractivity contribution in [2.24, 2.45) is 0 Å². The highest BCUT2D eigenvalue weighted by Crippen LogP contribution is 2.22. The summed E-state index contributed by atoms with van der Waals surface area (Å²) in [5.74, 6) is -0.130. The van der Waals surface area contributed by atoms with E-state index < -0.39 is 11.8 Å². The maximum atomic E-state index is 13.0. The summed E-state index contributed by atoms with van der Waals surface area (Å²) in [4.78, 5) is 16.4. The highest BCUT2D eigenvalue weighted by molar-refractivity contribution is 5.94. The fraction of sp³-hybridized carbons (Fsp3) is 0.111. The number of anilines is 1. The minimum atomic E-state index is -0.642. The average Bonchev–Trinajstić information content (AvgIpc) is 2.94. The average molecular weight is 326 g/mol. The number of oxazole rings is 1. The van der Waals surface area contributed by atoms with Crippen LogP contribution in [0, 0.1) is 12.7 Å². The van der Waals surface area contributed by atoms with E-state index in [0.717, 1.165) is 17.7 Å². The van der Waals surface area contributed by atoms with E-state index in [9.17, 15) is 9.18 Å². The van der Waals surface area contributed by atoms with Gasteiger partial charge in [0.1, 0.15) is 23.9 Å². The molecule has 0 saturated carbocycles. The van der Waals surface area contributed by atoms with Gasteiger partial charge < -0.3 is 14.9 Å². The summed E-state index contributed by atoms with van der Waals surface area (Å²) in [5.41, 5.74) is 7.12. The van der Waals surface area contributed by atoms with Crippen LogP contribution in [0.1, 0.15) is 21.8 Å². The zero-order valence-corrected chi connectivity index (χ0v) is 13.0. The number of carbonyl (C=O) groups is 1. The summed E-state index contributed by atoms with van der Waals surface area (Å²) in [7, 11) is 0. The summed E-state index contributed by atoms with van der Waals surface area (Å²) in [6.45, 7) is 1.69. The van der Waals surface area contributed by atoms with E-state index in [1.165, 1.54) is 6.07 Å². The number of aryl methyl sites for hydroxylation is 1. The molecule has 3 aromatic rings. The molecule has 122 valence electrons. The number of aromatic nitrogens is 1. The lowest BCUT2D eigenvalue weighted by atomic mass is 10.2. The number of esters is 1. The minimum absolute atomic E-state index is 0.0295. The highest BCUT2D eigenvalue weighted by Gasteiger charge is 2.16. The zero-order valence-electron chi connectivity index (χ0n) is 13.0. The van der Waals surface area contributed by atoms with Gasteiger partial charge in [0, 0.05) is 11.3 Å². The van der Waals surface area contributed by atoms with Crippen LogP contribution < -0.4 is 5.73 Å². The second-order valence-corrected chi connectivity index (χ2v) is 5.20. The number of carbonyl (C=O) groups excluding carboxylic acids is 1. The first-order valence-corrected chi connectivity index (χ1v) is 7.28. The van der Waals surface area contributed by atoms with Crippen molar-refractivity contribution in [2.45, 2.75) is 13.5 Å². The maximum Gasteiger partial charge on any atom is 0.340 e. The monoisotopic (exact) mass is 326 g/mol. The predicted octanol–water partition coefficient (Wildman–Crippen LogP) is 3.73. The molecule has 2 N–H and O–H groups in total. The largest absolute Gasteiger partial charge is 0.455 e. The van der Waals surface area contributed by atoms with Crippen LogP contribution in [0.15, 0.2) is 52.9 Å². The molecule has 0 aliphatic carbocycles. The first-order valence-electron chi connectivity index (χ1n) is 7.28. The number of nitrogens with zero attached hydrogens (tertiary/aromatic N) is 1. The van der Waals surface area contributed by atoms with Crippen molar-refractivity contribution in [1.29, 1.82) is 0 Å². The second-order valence-electron chi connectivity index (χ2n) is 5.20. The molecule has 0 radical (unpaired) electrons.